The Kier molecular flexibility index (Phi) is 4.61. The second-order valence-electron chi connectivity index (χ2n) is 1.87. The van der Waals surface area contributed by atoms with Crippen molar-refractivity contribution in [3.63, 3.8) is 0 Å². The Morgan fingerprint density at radius 3 is 2.89 bits per heavy atom. The predicted molar refractivity (Wildman–Crippen MR) is 35.1 cm³/mol. The van der Waals surface area contributed by atoms with Crippen molar-refractivity contribution in [2.45, 2.75) is 12.8 Å². The molecule has 1 amide bonds. The van der Waals surface area contributed by atoms with Gasteiger partial charge >= 0.3 is 0 Å². The molecule has 0 N–H and O–H groups in total. The summed E-state index contributed by atoms with van der Waals surface area (Å²) in [7, 11) is 1.72. The Bertz CT molecular complexity index is 115. The molecular weight excluding hydrogens is 114 g/mol. The highest BCUT2D eigenvalue weighted by Crippen LogP contribution is 1.87. The van der Waals surface area contributed by atoms with Gasteiger partial charge in [0.1, 0.15) is 0 Å². The van der Waals surface area contributed by atoms with Gasteiger partial charge in [-0.15, -0.1) is 0 Å². The van der Waals surface area contributed by atoms with E-state index in [0.29, 0.717) is 6.42 Å². The first-order valence-electron chi connectivity index (χ1n) is 2.86. The van der Waals surface area contributed by atoms with Crippen molar-refractivity contribution in [2.24, 2.45) is 0 Å². The third-order valence-corrected chi connectivity index (χ3v) is 0.993. The minimum atomic E-state index is 0.637. The van der Waals surface area contributed by atoms with E-state index in [1.807, 2.05) is 0 Å². The number of carbonyl (C=O) groups excluding carboxylic acids is 1. The molecule has 0 rings (SSSR count). The highest BCUT2D eigenvalue weighted by Gasteiger charge is 1.89. The van der Waals surface area contributed by atoms with E-state index in [1.54, 1.807) is 11.9 Å². The Labute approximate surface area is 55.8 Å². The van der Waals surface area contributed by atoms with Crippen LogP contribution in [0.25, 0.3) is 0 Å². The van der Waals surface area contributed by atoms with E-state index < -0.39 is 0 Å². The highest BCUT2D eigenvalue weighted by molar-refractivity contribution is 5.46. The average Bonchev–Trinajstić information content (AvgIpc) is 1.89. The molecule has 0 bridgehead atoms. The van der Waals surface area contributed by atoms with E-state index >= 15 is 0 Å². The zero-order chi connectivity index (χ0) is 7.11. The van der Waals surface area contributed by atoms with Crippen LogP contribution in [0.5, 0.6) is 0 Å². The molecule has 0 aromatic rings. The fourth-order valence-corrected chi connectivity index (χ4v) is 0.470. The third-order valence-electron chi connectivity index (χ3n) is 0.993. The molecule has 0 unspecified atom stereocenters. The van der Waals surface area contributed by atoms with Gasteiger partial charge in [0.25, 0.3) is 0 Å². The van der Waals surface area contributed by atoms with Crippen LogP contribution in [0.15, 0.2) is 0 Å². The second-order valence-corrected chi connectivity index (χ2v) is 1.87. The lowest BCUT2D eigenvalue weighted by atomic mass is 10.3. The Morgan fingerprint density at radius 2 is 2.44 bits per heavy atom. The summed E-state index contributed by atoms with van der Waals surface area (Å²) in [6.07, 6.45) is 8.80. The number of unbranched alkanes of at least 4 members (excludes halogenated alkanes) is 1. The zero-order valence-corrected chi connectivity index (χ0v) is 5.55. The fourth-order valence-electron chi connectivity index (χ4n) is 0.470. The summed E-state index contributed by atoms with van der Waals surface area (Å²) in [6.45, 7) is 0.718. The molecular formula is C7H10NO. The van der Waals surface area contributed by atoms with Crippen molar-refractivity contribution in [2.75, 3.05) is 13.6 Å². The number of hydrogen-bond acceptors (Lipinski definition) is 1. The first kappa shape index (κ1) is 8.03. The van der Waals surface area contributed by atoms with E-state index in [4.69, 9.17) is 6.42 Å². The molecule has 2 heteroatoms. The summed E-state index contributed by atoms with van der Waals surface area (Å²) in [6, 6.07) is 0. The van der Waals surface area contributed by atoms with Crippen LogP contribution in [0.4, 0.5) is 0 Å². The van der Waals surface area contributed by atoms with Crippen molar-refractivity contribution in [1.82, 2.24) is 4.90 Å². The molecule has 0 heterocycles. The van der Waals surface area contributed by atoms with Gasteiger partial charge in [0.05, 0.1) is 0 Å². The van der Waals surface area contributed by atoms with E-state index in [0.717, 1.165) is 19.4 Å². The summed E-state index contributed by atoms with van der Waals surface area (Å²) in [4.78, 5) is 11.5. The molecule has 0 saturated heterocycles. The van der Waals surface area contributed by atoms with Gasteiger partial charge in [-0.25, -0.2) is 0 Å². The van der Waals surface area contributed by atoms with Crippen molar-refractivity contribution >= 4 is 6.41 Å². The van der Waals surface area contributed by atoms with Crippen LogP contribution < -0.4 is 0 Å². The van der Waals surface area contributed by atoms with Crippen molar-refractivity contribution in [3.8, 4) is 5.92 Å². The molecule has 1 radical (unpaired) electrons. The van der Waals surface area contributed by atoms with Crippen LogP contribution in [0.3, 0.4) is 0 Å². The quantitative estimate of drug-likeness (QED) is 0.302. The van der Waals surface area contributed by atoms with Gasteiger partial charge in [-0.3, -0.25) is 4.79 Å². The van der Waals surface area contributed by atoms with Gasteiger partial charge in [-0.05, 0) is 12.8 Å². The van der Waals surface area contributed by atoms with Gasteiger partial charge in [0.15, 0.2) is 0 Å². The van der Waals surface area contributed by atoms with Gasteiger partial charge < -0.3 is 4.90 Å². The molecule has 0 aromatic heterocycles. The Balaban J connectivity index is 3.08. The van der Waals surface area contributed by atoms with E-state index in [-0.39, 0.29) is 0 Å². The highest BCUT2D eigenvalue weighted by atomic mass is 16.1. The van der Waals surface area contributed by atoms with Crippen LogP contribution in [-0.2, 0) is 4.79 Å². The van der Waals surface area contributed by atoms with Gasteiger partial charge in [0.2, 0.25) is 6.41 Å². The standard InChI is InChI=1S/C7H10NO/c1-3-4-5-6-8(2)7-9/h7H,4-6H2,2H3. The lowest BCUT2D eigenvalue weighted by Gasteiger charge is -2.06. The molecule has 0 aliphatic rings. The number of nitrogens with zero attached hydrogens (tertiary/aromatic N) is 1. The van der Waals surface area contributed by atoms with Crippen molar-refractivity contribution < 1.29 is 4.79 Å². The van der Waals surface area contributed by atoms with Crippen LogP contribution in [-0.4, -0.2) is 24.9 Å². The fraction of sp³-hybridized carbons (Fsp3) is 0.571. The van der Waals surface area contributed by atoms with Gasteiger partial charge in [0, 0.05) is 20.0 Å². The first-order valence-corrected chi connectivity index (χ1v) is 2.86. The first-order chi connectivity index (χ1) is 4.31. The van der Waals surface area contributed by atoms with Crippen LogP contribution in [0.1, 0.15) is 12.8 Å². The number of rotatable bonds is 4. The van der Waals surface area contributed by atoms with Crippen molar-refractivity contribution in [3.05, 3.63) is 6.42 Å². The molecule has 0 spiro atoms. The minimum Gasteiger partial charge on any atom is -0.348 e. The number of hydrogen-bond donors (Lipinski definition) is 0. The molecule has 0 saturated carbocycles. The second kappa shape index (κ2) is 5.17. The number of carbonyl (C=O) groups is 1. The lowest BCUT2D eigenvalue weighted by molar-refractivity contribution is -0.117. The molecule has 0 aliphatic heterocycles. The topological polar surface area (TPSA) is 20.3 Å². The van der Waals surface area contributed by atoms with Crippen molar-refractivity contribution in [1.29, 1.82) is 0 Å². The van der Waals surface area contributed by atoms with E-state index in [1.165, 1.54) is 0 Å². The summed E-state index contributed by atoms with van der Waals surface area (Å²) < 4.78 is 0. The molecule has 49 valence electrons. The summed E-state index contributed by atoms with van der Waals surface area (Å²) >= 11 is 0. The molecule has 0 atom stereocenters. The molecule has 9 heavy (non-hydrogen) atoms. The molecule has 0 fully saturated rings. The summed E-state index contributed by atoms with van der Waals surface area (Å²) in [5.41, 5.74) is 0. The monoisotopic (exact) mass is 124 g/mol. The Hall–Kier alpha value is -0.970. The third kappa shape index (κ3) is 4.89. The van der Waals surface area contributed by atoms with Crippen LogP contribution in [0.2, 0.25) is 0 Å². The van der Waals surface area contributed by atoms with Gasteiger partial charge in [-0.2, -0.15) is 0 Å². The maximum absolute atomic E-state index is 9.96. The summed E-state index contributed by atoms with van der Waals surface area (Å²) in [5, 5.41) is 0. The zero-order valence-electron chi connectivity index (χ0n) is 5.55. The molecule has 0 aliphatic carbocycles. The maximum atomic E-state index is 9.96. The lowest BCUT2D eigenvalue weighted by Crippen LogP contribution is -2.16. The normalized spacial score (nSPS) is 8.00. The predicted octanol–water partition coefficient (Wildman–Crippen LogP) is 0.445. The SMILES string of the molecule is [C]#CCCCN(C)C=O. The average molecular weight is 124 g/mol. The minimum absolute atomic E-state index is 0.637. The largest absolute Gasteiger partial charge is 0.348 e. The maximum Gasteiger partial charge on any atom is 0.209 e. The van der Waals surface area contributed by atoms with Crippen LogP contribution >= 0.6 is 0 Å². The van der Waals surface area contributed by atoms with E-state index in [9.17, 15) is 4.79 Å². The molecule has 0 aromatic carbocycles. The number of amides is 1. The Morgan fingerprint density at radius 1 is 1.78 bits per heavy atom. The van der Waals surface area contributed by atoms with Crippen LogP contribution in [0, 0.1) is 12.3 Å². The smallest absolute Gasteiger partial charge is 0.209 e. The van der Waals surface area contributed by atoms with Gasteiger partial charge in [-0.1, -0.05) is 5.92 Å². The van der Waals surface area contributed by atoms with E-state index in [2.05, 4.69) is 5.92 Å². The summed E-state index contributed by atoms with van der Waals surface area (Å²) in [5.74, 6) is 2.25. The molecule has 2 nitrogen and oxygen atoms in total.